The summed E-state index contributed by atoms with van der Waals surface area (Å²) in [4.78, 5) is 10.3. The van der Waals surface area contributed by atoms with Gasteiger partial charge in [0.2, 0.25) is 0 Å². The Morgan fingerprint density at radius 3 is 2.93 bits per heavy atom. The minimum absolute atomic E-state index is 0.179. The third-order valence-electron chi connectivity index (χ3n) is 1.78. The molecular formula is C9H12N2O3. The molecule has 1 rings (SSSR count). The van der Waals surface area contributed by atoms with E-state index in [1.54, 1.807) is 25.3 Å². The zero-order chi connectivity index (χ0) is 10.6. The Hall–Kier alpha value is -1.91. The number of nitrogens with one attached hydrogen (secondary N) is 1. The van der Waals surface area contributed by atoms with E-state index >= 15 is 0 Å². The third-order valence-corrected chi connectivity index (χ3v) is 1.78. The Kier molecular flexibility index (Phi) is 3.17. The third kappa shape index (κ3) is 2.55. The zero-order valence-corrected chi connectivity index (χ0v) is 7.78. The van der Waals surface area contributed by atoms with Gasteiger partial charge in [0.25, 0.3) is 0 Å². The second-order valence-corrected chi connectivity index (χ2v) is 2.72. The molecule has 0 spiro atoms. The summed E-state index contributed by atoms with van der Waals surface area (Å²) in [5, 5.41) is 10.6. The van der Waals surface area contributed by atoms with Gasteiger partial charge in [-0.05, 0) is 23.8 Å². The molecule has 76 valence electrons. The highest BCUT2D eigenvalue weighted by Gasteiger charge is 2.02. The highest BCUT2D eigenvalue weighted by Crippen LogP contribution is 2.18. The fourth-order valence-corrected chi connectivity index (χ4v) is 1.03. The number of hydrogen-bond acceptors (Lipinski definition) is 3. The Morgan fingerprint density at radius 1 is 1.64 bits per heavy atom. The average Bonchev–Trinajstić information content (AvgIpc) is 2.16. The van der Waals surface area contributed by atoms with Crippen molar-refractivity contribution < 1.29 is 14.6 Å². The summed E-state index contributed by atoms with van der Waals surface area (Å²) in [7, 11) is 1.54. The molecular weight excluding hydrogens is 184 g/mol. The van der Waals surface area contributed by atoms with Gasteiger partial charge in [-0.25, -0.2) is 4.79 Å². The van der Waals surface area contributed by atoms with Crippen molar-refractivity contribution in [1.29, 1.82) is 0 Å². The van der Waals surface area contributed by atoms with E-state index in [2.05, 4.69) is 5.32 Å². The minimum atomic E-state index is -1.08. The maximum absolute atomic E-state index is 10.3. The number of amides is 1. The van der Waals surface area contributed by atoms with E-state index in [1.807, 2.05) is 0 Å². The predicted octanol–water partition coefficient (Wildman–Crippen LogP) is 1.04. The number of nitrogen functional groups attached to an aromatic ring is 1. The Labute approximate surface area is 81.5 Å². The molecule has 0 atom stereocenters. The van der Waals surface area contributed by atoms with Crippen molar-refractivity contribution in [2.45, 2.75) is 6.54 Å². The second-order valence-electron chi connectivity index (χ2n) is 2.72. The standard InChI is InChI=1S/C9H12N2O3/c1-14-7-2-3-8(10)6(4-7)5-11-9(12)13/h2-4,11H,5,10H2,1H3,(H,12,13). The largest absolute Gasteiger partial charge is 0.497 e. The molecule has 0 fully saturated rings. The van der Waals surface area contributed by atoms with E-state index in [0.717, 1.165) is 0 Å². The molecule has 0 radical (unpaired) electrons. The van der Waals surface area contributed by atoms with Crippen LogP contribution in [0.5, 0.6) is 5.75 Å². The smallest absolute Gasteiger partial charge is 0.404 e. The second kappa shape index (κ2) is 4.36. The summed E-state index contributed by atoms with van der Waals surface area (Å²) in [6.45, 7) is 0.179. The van der Waals surface area contributed by atoms with Crippen LogP contribution in [0.3, 0.4) is 0 Å². The van der Waals surface area contributed by atoms with E-state index in [-0.39, 0.29) is 6.54 Å². The first-order valence-electron chi connectivity index (χ1n) is 4.02. The van der Waals surface area contributed by atoms with E-state index in [9.17, 15) is 4.79 Å². The van der Waals surface area contributed by atoms with Crippen LogP contribution in [0.2, 0.25) is 0 Å². The number of ether oxygens (including phenoxy) is 1. The van der Waals surface area contributed by atoms with Gasteiger partial charge in [0.1, 0.15) is 5.75 Å². The summed E-state index contributed by atoms with van der Waals surface area (Å²) in [5.41, 5.74) is 6.88. The Morgan fingerprint density at radius 2 is 2.36 bits per heavy atom. The van der Waals surface area contributed by atoms with Gasteiger partial charge in [0, 0.05) is 12.2 Å². The van der Waals surface area contributed by atoms with Gasteiger partial charge in [0.15, 0.2) is 0 Å². The number of anilines is 1. The van der Waals surface area contributed by atoms with Crippen molar-refractivity contribution in [2.24, 2.45) is 0 Å². The van der Waals surface area contributed by atoms with Crippen LogP contribution in [0.1, 0.15) is 5.56 Å². The summed E-state index contributed by atoms with van der Waals surface area (Å²) in [6, 6.07) is 5.10. The Bertz CT molecular complexity index is 339. The van der Waals surface area contributed by atoms with Gasteiger partial charge in [-0.1, -0.05) is 0 Å². The van der Waals surface area contributed by atoms with Crippen molar-refractivity contribution in [3.05, 3.63) is 23.8 Å². The van der Waals surface area contributed by atoms with Gasteiger partial charge in [-0.2, -0.15) is 0 Å². The van der Waals surface area contributed by atoms with Crippen molar-refractivity contribution >= 4 is 11.8 Å². The van der Waals surface area contributed by atoms with Crippen LogP contribution in [0, 0.1) is 0 Å². The SMILES string of the molecule is COc1ccc(N)c(CNC(=O)O)c1. The Balaban J connectivity index is 2.78. The molecule has 0 heterocycles. The number of benzene rings is 1. The normalized spacial score (nSPS) is 9.50. The van der Waals surface area contributed by atoms with Gasteiger partial charge in [0.05, 0.1) is 7.11 Å². The lowest BCUT2D eigenvalue weighted by atomic mass is 10.1. The first-order valence-corrected chi connectivity index (χ1v) is 4.02. The van der Waals surface area contributed by atoms with E-state index in [0.29, 0.717) is 17.0 Å². The van der Waals surface area contributed by atoms with Crippen molar-refractivity contribution in [2.75, 3.05) is 12.8 Å². The van der Waals surface area contributed by atoms with Crippen molar-refractivity contribution in [1.82, 2.24) is 5.32 Å². The van der Waals surface area contributed by atoms with Gasteiger partial charge < -0.3 is 20.9 Å². The molecule has 1 amide bonds. The molecule has 0 aromatic heterocycles. The van der Waals surface area contributed by atoms with Gasteiger partial charge >= 0.3 is 6.09 Å². The van der Waals surface area contributed by atoms with E-state index < -0.39 is 6.09 Å². The zero-order valence-electron chi connectivity index (χ0n) is 7.78. The van der Waals surface area contributed by atoms with E-state index in [1.165, 1.54) is 0 Å². The fraction of sp³-hybridized carbons (Fsp3) is 0.222. The quantitative estimate of drug-likeness (QED) is 0.631. The number of carboxylic acid groups (broad SMARTS) is 1. The summed E-state index contributed by atoms with van der Waals surface area (Å²) in [6.07, 6.45) is -1.08. The highest BCUT2D eigenvalue weighted by molar-refractivity contribution is 5.65. The molecule has 0 aliphatic carbocycles. The predicted molar refractivity (Wildman–Crippen MR) is 52.3 cm³/mol. The monoisotopic (exact) mass is 196 g/mol. The molecule has 0 unspecified atom stereocenters. The number of hydrogen-bond donors (Lipinski definition) is 3. The molecule has 5 heteroatoms. The summed E-state index contributed by atoms with van der Waals surface area (Å²) >= 11 is 0. The van der Waals surface area contributed by atoms with Crippen LogP contribution < -0.4 is 15.8 Å². The first-order chi connectivity index (χ1) is 6.63. The molecule has 0 saturated carbocycles. The topological polar surface area (TPSA) is 84.6 Å². The number of nitrogens with two attached hydrogens (primary N) is 1. The number of carbonyl (C=O) groups is 1. The van der Waals surface area contributed by atoms with Crippen LogP contribution in [0.4, 0.5) is 10.5 Å². The van der Waals surface area contributed by atoms with Crippen LogP contribution in [0.25, 0.3) is 0 Å². The number of rotatable bonds is 3. The van der Waals surface area contributed by atoms with Gasteiger partial charge in [-0.3, -0.25) is 0 Å². The summed E-state index contributed by atoms with van der Waals surface area (Å²) in [5.74, 6) is 0.654. The molecule has 0 saturated heterocycles. The molecule has 0 bridgehead atoms. The molecule has 0 aliphatic rings. The van der Waals surface area contributed by atoms with Crippen LogP contribution in [0.15, 0.2) is 18.2 Å². The molecule has 0 aliphatic heterocycles. The summed E-state index contributed by atoms with van der Waals surface area (Å²) < 4.78 is 4.99. The first kappa shape index (κ1) is 10.2. The molecule has 1 aromatic rings. The highest BCUT2D eigenvalue weighted by atomic mass is 16.5. The number of methoxy groups -OCH3 is 1. The van der Waals surface area contributed by atoms with Crippen LogP contribution in [-0.2, 0) is 6.54 Å². The fourth-order valence-electron chi connectivity index (χ4n) is 1.03. The average molecular weight is 196 g/mol. The maximum Gasteiger partial charge on any atom is 0.404 e. The minimum Gasteiger partial charge on any atom is -0.497 e. The van der Waals surface area contributed by atoms with Gasteiger partial charge in [-0.15, -0.1) is 0 Å². The lowest BCUT2D eigenvalue weighted by Crippen LogP contribution is -2.20. The lowest BCUT2D eigenvalue weighted by Gasteiger charge is -2.07. The van der Waals surface area contributed by atoms with Crippen molar-refractivity contribution in [3.8, 4) is 5.75 Å². The van der Waals surface area contributed by atoms with Crippen LogP contribution in [-0.4, -0.2) is 18.3 Å². The molecule has 5 nitrogen and oxygen atoms in total. The maximum atomic E-state index is 10.3. The molecule has 1 aromatic carbocycles. The molecule has 14 heavy (non-hydrogen) atoms. The van der Waals surface area contributed by atoms with Crippen molar-refractivity contribution in [3.63, 3.8) is 0 Å². The van der Waals surface area contributed by atoms with Crippen LogP contribution >= 0.6 is 0 Å². The lowest BCUT2D eigenvalue weighted by molar-refractivity contribution is 0.194. The molecule has 4 N–H and O–H groups in total. The van der Waals surface area contributed by atoms with E-state index in [4.69, 9.17) is 15.6 Å².